The van der Waals surface area contributed by atoms with E-state index in [1.54, 1.807) is 6.07 Å². The summed E-state index contributed by atoms with van der Waals surface area (Å²) in [7, 11) is 0. The second-order valence-corrected chi connectivity index (χ2v) is 4.85. The maximum Gasteiger partial charge on any atom is 0.126 e. The lowest BCUT2D eigenvalue weighted by atomic mass is 10.00. The van der Waals surface area contributed by atoms with Gasteiger partial charge in [0.1, 0.15) is 5.82 Å². The van der Waals surface area contributed by atoms with E-state index < -0.39 is 0 Å². The lowest BCUT2D eigenvalue weighted by molar-refractivity contribution is 0.141. The van der Waals surface area contributed by atoms with Crippen LogP contribution in [0.5, 0.6) is 0 Å². The van der Waals surface area contributed by atoms with Gasteiger partial charge >= 0.3 is 0 Å². The molecule has 108 valence electrons. The Morgan fingerprint density at radius 3 is 2.74 bits per heavy atom. The van der Waals surface area contributed by atoms with E-state index in [0.717, 1.165) is 39.0 Å². The van der Waals surface area contributed by atoms with Crippen molar-refractivity contribution in [1.29, 1.82) is 0 Å². The molecular weight excluding hydrogens is 241 g/mol. The van der Waals surface area contributed by atoms with Crippen molar-refractivity contribution >= 4 is 0 Å². The summed E-state index contributed by atoms with van der Waals surface area (Å²) in [5.41, 5.74) is 1.88. The zero-order chi connectivity index (χ0) is 14.1. The normalized spacial score (nSPS) is 12.6. The number of nitrogens with one attached hydrogen (secondary N) is 1. The van der Waals surface area contributed by atoms with Crippen LogP contribution in [0.2, 0.25) is 0 Å². The minimum Gasteiger partial charge on any atom is -0.382 e. The van der Waals surface area contributed by atoms with Crippen LogP contribution in [0.25, 0.3) is 0 Å². The van der Waals surface area contributed by atoms with Crippen molar-refractivity contribution in [2.75, 3.05) is 19.8 Å². The van der Waals surface area contributed by atoms with Crippen LogP contribution in [0.1, 0.15) is 50.3 Å². The molecule has 1 atom stereocenters. The zero-order valence-electron chi connectivity index (χ0n) is 12.3. The standard InChI is InChI=1S/C16H26FNO/c1-4-10-18-16(7-6-11-19-5-2)14-8-9-15(17)13(3)12-14/h8-9,12,16,18H,4-7,10-11H2,1-3H3. The van der Waals surface area contributed by atoms with Crippen LogP contribution in [0.4, 0.5) is 4.39 Å². The number of rotatable bonds is 9. The van der Waals surface area contributed by atoms with Gasteiger partial charge in [0.25, 0.3) is 0 Å². The topological polar surface area (TPSA) is 21.3 Å². The molecule has 0 spiro atoms. The lowest BCUT2D eigenvalue weighted by Gasteiger charge is -2.19. The summed E-state index contributed by atoms with van der Waals surface area (Å²) in [5, 5.41) is 3.53. The van der Waals surface area contributed by atoms with Gasteiger partial charge in [0.15, 0.2) is 0 Å². The molecule has 0 aliphatic carbocycles. The first kappa shape index (κ1) is 16.1. The molecule has 19 heavy (non-hydrogen) atoms. The van der Waals surface area contributed by atoms with Crippen molar-refractivity contribution in [2.24, 2.45) is 0 Å². The molecule has 1 rings (SSSR count). The molecule has 0 fully saturated rings. The summed E-state index contributed by atoms with van der Waals surface area (Å²) < 4.78 is 18.7. The number of hydrogen-bond donors (Lipinski definition) is 1. The van der Waals surface area contributed by atoms with Crippen LogP contribution in [0, 0.1) is 12.7 Å². The summed E-state index contributed by atoms with van der Waals surface area (Å²) in [5.74, 6) is -0.132. The number of hydrogen-bond acceptors (Lipinski definition) is 2. The predicted molar refractivity (Wildman–Crippen MR) is 77.9 cm³/mol. The van der Waals surface area contributed by atoms with Gasteiger partial charge in [-0.3, -0.25) is 0 Å². The van der Waals surface area contributed by atoms with E-state index in [9.17, 15) is 4.39 Å². The molecule has 0 aliphatic heterocycles. The highest BCUT2D eigenvalue weighted by molar-refractivity contribution is 5.26. The van der Waals surface area contributed by atoms with Crippen LogP contribution in [0.3, 0.4) is 0 Å². The summed E-state index contributed by atoms with van der Waals surface area (Å²) in [6.07, 6.45) is 3.14. The molecule has 1 unspecified atom stereocenters. The monoisotopic (exact) mass is 267 g/mol. The quantitative estimate of drug-likeness (QED) is 0.683. The Morgan fingerprint density at radius 2 is 2.11 bits per heavy atom. The SMILES string of the molecule is CCCNC(CCCOCC)c1ccc(F)c(C)c1. The van der Waals surface area contributed by atoms with E-state index in [1.807, 2.05) is 26.0 Å². The zero-order valence-corrected chi connectivity index (χ0v) is 12.3. The third-order valence-electron chi connectivity index (χ3n) is 3.21. The van der Waals surface area contributed by atoms with Crippen LogP contribution < -0.4 is 5.32 Å². The Kier molecular flexibility index (Phi) is 7.68. The number of aryl methyl sites for hydroxylation is 1. The Hall–Kier alpha value is -0.930. The van der Waals surface area contributed by atoms with Gasteiger partial charge in [-0.1, -0.05) is 19.1 Å². The molecule has 0 bridgehead atoms. The van der Waals surface area contributed by atoms with Crippen LogP contribution >= 0.6 is 0 Å². The summed E-state index contributed by atoms with van der Waals surface area (Å²) in [6.45, 7) is 8.52. The molecule has 0 amide bonds. The van der Waals surface area contributed by atoms with Gasteiger partial charge in [-0.25, -0.2) is 4.39 Å². The third kappa shape index (κ3) is 5.70. The molecule has 0 aliphatic rings. The van der Waals surface area contributed by atoms with Crippen molar-refractivity contribution < 1.29 is 9.13 Å². The highest BCUT2D eigenvalue weighted by atomic mass is 19.1. The first-order valence-corrected chi connectivity index (χ1v) is 7.26. The highest BCUT2D eigenvalue weighted by Gasteiger charge is 2.11. The molecule has 2 nitrogen and oxygen atoms in total. The van der Waals surface area contributed by atoms with Gasteiger partial charge in [-0.05, 0) is 56.8 Å². The molecule has 1 aromatic carbocycles. The first-order chi connectivity index (χ1) is 9.19. The summed E-state index contributed by atoms with van der Waals surface area (Å²) in [4.78, 5) is 0. The average Bonchev–Trinajstić information content (AvgIpc) is 2.41. The fourth-order valence-electron chi connectivity index (χ4n) is 2.12. The molecule has 3 heteroatoms. The number of halogens is 1. The van der Waals surface area contributed by atoms with E-state index in [-0.39, 0.29) is 5.82 Å². The van der Waals surface area contributed by atoms with Crippen molar-refractivity contribution in [2.45, 2.75) is 46.1 Å². The van der Waals surface area contributed by atoms with Gasteiger partial charge in [0, 0.05) is 19.3 Å². The lowest BCUT2D eigenvalue weighted by Crippen LogP contribution is -2.22. The van der Waals surface area contributed by atoms with Gasteiger partial charge < -0.3 is 10.1 Å². The van der Waals surface area contributed by atoms with E-state index in [0.29, 0.717) is 11.6 Å². The number of benzene rings is 1. The van der Waals surface area contributed by atoms with E-state index in [2.05, 4.69) is 12.2 Å². The maximum atomic E-state index is 13.3. The fraction of sp³-hybridized carbons (Fsp3) is 0.625. The average molecular weight is 267 g/mol. The number of ether oxygens (including phenoxy) is 1. The minimum absolute atomic E-state index is 0.132. The Bertz CT molecular complexity index is 368. The van der Waals surface area contributed by atoms with Gasteiger partial charge in [0.2, 0.25) is 0 Å². The van der Waals surface area contributed by atoms with E-state index >= 15 is 0 Å². The highest BCUT2D eigenvalue weighted by Crippen LogP contribution is 2.21. The molecule has 0 radical (unpaired) electrons. The molecule has 0 saturated heterocycles. The fourth-order valence-corrected chi connectivity index (χ4v) is 2.12. The van der Waals surface area contributed by atoms with Crippen molar-refractivity contribution in [1.82, 2.24) is 5.32 Å². The largest absolute Gasteiger partial charge is 0.382 e. The summed E-state index contributed by atoms with van der Waals surface area (Å²) in [6, 6.07) is 5.69. The van der Waals surface area contributed by atoms with Crippen molar-refractivity contribution in [3.05, 3.63) is 35.1 Å². The van der Waals surface area contributed by atoms with Crippen molar-refractivity contribution in [3.63, 3.8) is 0 Å². The smallest absolute Gasteiger partial charge is 0.126 e. The summed E-state index contributed by atoms with van der Waals surface area (Å²) >= 11 is 0. The third-order valence-corrected chi connectivity index (χ3v) is 3.21. The van der Waals surface area contributed by atoms with E-state index in [4.69, 9.17) is 4.74 Å². The molecule has 0 heterocycles. The molecule has 0 saturated carbocycles. The van der Waals surface area contributed by atoms with Crippen LogP contribution in [-0.4, -0.2) is 19.8 Å². The second-order valence-electron chi connectivity index (χ2n) is 4.85. The Balaban J connectivity index is 2.63. The van der Waals surface area contributed by atoms with Crippen LogP contribution in [-0.2, 0) is 4.74 Å². The maximum absolute atomic E-state index is 13.3. The predicted octanol–water partition coefficient (Wildman–Crippen LogP) is 3.99. The molecule has 1 aromatic rings. The molecule has 1 N–H and O–H groups in total. The van der Waals surface area contributed by atoms with Gasteiger partial charge in [0.05, 0.1) is 0 Å². The second kappa shape index (κ2) is 9.05. The van der Waals surface area contributed by atoms with E-state index in [1.165, 1.54) is 5.56 Å². The Labute approximate surface area is 116 Å². The first-order valence-electron chi connectivity index (χ1n) is 7.26. The Morgan fingerprint density at radius 1 is 1.32 bits per heavy atom. The van der Waals surface area contributed by atoms with Gasteiger partial charge in [-0.2, -0.15) is 0 Å². The van der Waals surface area contributed by atoms with Crippen molar-refractivity contribution in [3.8, 4) is 0 Å². The van der Waals surface area contributed by atoms with Gasteiger partial charge in [-0.15, -0.1) is 0 Å². The molecule has 0 aromatic heterocycles. The molecular formula is C16H26FNO. The van der Waals surface area contributed by atoms with Crippen LogP contribution in [0.15, 0.2) is 18.2 Å². The minimum atomic E-state index is -0.132.